The van der Waals surface area contributed by atoms with Crippen LogP contribution < -0.4 is 10.6 Å². The maximum Gasteiger partial charge on any atom is 0.329 e. The van der Waals surface area contributed by atoms with E-state index in [0.29, 0.717) is 13.0 Å². The molecule has 0 spiro atoms. The van der Waals surface area contributed by atoms with Crippen molar-refractivity contribution in [2.24, 2.45) is 0 Å². The molecule has 1 N–H and O–H groups in total. The van der Waals surface area contributed by atoms with Crippen molar-refractivity contribution in [3.63, 3.8) is 0 Å². The fourth-order valence-electron chi connectivity index (χ4n) is 4.68. The number of aliphatic carboxylic acids is 1. The molecule has 0 saturated heterocycles. The minimum absolute atomic E-state index is 0.0588. The van der Waals surface area contributed by atoms with Gasteiger partial charge in [0.25, 0.3) is 0 Å². The maximum atomic E-state index is 13.6. The number of para-hydroxylation sites is 2. The van der Waals surface area contributed by atoms with Crippen LogP contribution in [0.4, 0.5) is 5.69 Å². The summed E-state index contributed by atoms with van der Waals surface area (Å²) >= 11 is 3.62. The summed E-state index contributed by atoms with van der Waals surface area (Å²) in [5.41, 5.74) is 5.05. The summed E-state index contributed by atoms with van der Waals surface area (Å²) < 4.78 is 4.49. The number of hydrogen-bond donors (Lipinski definition) is 1. The average Bonchev–Trinajstić information content (AvgIpc) is 3.19. The molecule has 4 rings (SSSR count). The second-order valence-electron chi connectivity index (χ2n) is 8.01. The lowest BCUT2D eigenvalue weighted by atomic mass is 10.1. The number of nitrogens with zero attached hydrogens (tertiary/aromatic N) is 3. The summed E-state index contributed by atoms with van der Waals surface area (Å²) in [5, 5.41) is 9.41. The van der Waals surface area contributed by atoms with E-state index in [4.69, 9.17) is 0 Å². The normalized spacial score (nSPS) is 14.3. The Bertz CT molecular complexity index is 1160. The lowest BCUT2D eigenvalue weighted by molar-refractivity contribution is -0.137. The fraction of sp³-hybridized carbons (Fsp3) is 0.391. The lowest BCUT2D eigenvalue weighted by Gasteiger charge is -2.18. The Morgan fingerprint density at radius 3 is 2.67 bits per heavy atom. The van der Waals surface area contributed by atoms with Crippen molar-refractivity contribution in [3.05, 3.63) is 62.5 Å². The third-order valence-electron chi connectivity index (χ3n) is 5.93. The molecule has 0 amide bonds. The molecule has 1 unspecified atom stereocenters. The van der Waals surface area contributed by atoms with Crippen LogP contribution in [0.5, 0.6) is 0 Å². The third-order valence-corrected chi connectivity index (χ3v) is 6.38. The number of carboxylic acids is 1. The first-order valence-electron chi connectivity index (χ1n) is 10.3. The molecule has 6 nitrogen and oxygen atoms in total. The molecule has 7 heteroatoms. The smallest absolute Gasteiger partial charge is 0.329 e. The molecule has 158 valence electrons. The number of rotatable bonds is 7. The van der Waals surface area contributed by atoms with Crippen molar-refractivity contribution in [3.8, 4) is 0 Å². The summed E-state index contributed by atoms with van der Waals surface area (Å²) in [6, 6.07) is 11.6. The standard InChI is InChI=1S/C23H26BrN3O3/c1-3-6-18(13-21(28)29)27-20-8-5-4-7-19(20)26(23(27)30)14-16-12-17(24)11-15-9-10-25(2)22(15)16/h4-5,7-8,11-12,18H,3,6,9-10,13-14H2,1-2H3,(H,28,29). The topological polar surface area (TPSA) is 67.5 Å². The van der Waals surface area contributed by atoms with E-state index in [-0.39, 0.29) is 18.2 Å². The monoisotopic (exact) mass is 471 g/mol. The van der Waals surface area contributed by atoms with Crippen LogP contribution in [0.25, 0.3) is 11.0 Å². The first kappa shape index (κ1) is 20.7. The highest BCUT2D eigenvalue weighted by Gasteiger charge is 2.25. The van der Waals surface area contributed by atoms with Gasteiger partial charge in [0.05, 0.1) is 24.0 Å². The zero-order chi connectivity index (χ0) is 21.4. The zero-order valence-corrected chi connectivity index (χ0v) is 18.9. The number of imidazole rings is 1. The van der Waals surface area contributed by atoms with E-state index < -0.39 is 5.97 Å². The van der Waals surface area contributed by atoms with Gasteiger partial charge in [-0.2, -0.15) is 0 Å². The van der Waals surface area contributed by atoms with Gasteiger partial charge < -0.3 is 10.0 Å². The van der Waals surface area contributed by atoms with Gasteiger partial charge in [0, 0.05) is 29.8 Å². The highest BCUT2D eigenvalue weighted by Crippen LogP contribution is 2.35. The Morgan fingerprint density at radius 2 is 1.97 bits per heavy atom. The molecule has 0 saturated carbocycles. The molecule has 30 heavy (non-hydrogen) atoms. The summed E-state index contributed by atoms with van der Waals surface area (Å²) in [7, 11) is 2.08. The van der Waals surface area contributed by atoms with Gasteiger partial charge in [0.2, 0.25) is 0 Å². The third kappa shape index (κ3) is 3.67. The second kappa shape index (κ2) is 8.30. The number of likely N-dealkylation sites (N-methyl/N-ethyl adjacent to an activating group) is 1. The molecule has 1 atom stereocenters. The quantitative estimate of drug-likeness (QED) is 0.553. The van der Waals surface area contributed by atoms with Crippen LogP contribution in [-0.2, 0) is 17.8 Å². The fourth-order valence-corrected chi connectivity index (χ4v) is 5.24. The van der Waals surface area contributed by atoms with Crippen LogP contribution in [0.3, 0.4) is 0 Å². The van der Waals surface area contributed by atoms with Gasteiger partial charge >= 0.3 is 11.7 Å². The van der Waals surface area contributed by atoms with Gasteiger partial charge in [-0.1, -0.05) is 41.4 Å². The highest BCUT2D eigenvalue weighted by atomic mass is 79.9. The van der Waals surface area contributed by atoms with Gasteiger partial charge in [-0.3, -0.25) is 13.9 Å². The van der Waals surface area contributed by atoms with Crippen molar-refractivity contribution in [1.29, 1.82) is 0 Å². The molecule has 1 aromatic heterocycles. The zero-order valence-electron chi connectivity index (χ0n) is 17.3. The van der Waals surface area contributed by atoms with E-state index in [9.17, 15) is 14.7 Å². The van der Waals surface area contributed by atoms with Gasteiger partial charge in [-0.25, -0.2) is 4.79 Å². The van der Waals surface area contributed by atoms with Gasteiger partial charge in [-0.05, 0) is 48.2 Å². The van der Waals surface area contributed by atoms with Crippen LogP contribution in [0, 0.1) is 0 Å². The SMILES string of the molecule is CCCC(CC(=O)O)n1c(=O)n(Cc2cc(Br)cc3c2N(C)CC3)c2ccccc21. The van der Waals surface area contributed by atoms with E-state index in [1.807, 2.05) is 31.2 Å². The first-order chi connectivity index (χ1) is 14.4. The number of carboxylic acid groups (broad SMARTS) is 1. The van der Waals surface area contributed by atoms with Crippen LogP contribution in [0.2, 0.25) is 0 Å². The predicted octanol–water partition coefficient (Wildman–Crippen LogP) is 4.42. The number of hydrogen-bond acceptors (Lipinski definition) is 3. The minimum Gasteiger partial charge on any atom is -0.481 e. The second-order valence-corrected chi connectivity index (χ2v) is 8.93. The summed E-state index contributed by atoms with van der Waals surface area (Å²) in [5.74, 6) is -0.886. The lowest BCUT2D eigenvalue weighted by Crippen LogP contribution is -2.29. The molecular formula is C23H26BrN3O3. The number of benzene rings is 2. The Labute approximate surface area is 183 Å². The molecule has 3 aromatic rings. The first-order valence-corrected chi connectivity index (χ1v) is 11.1. The molecule has 2 heterocycles. The molecule has 0 bridgehead atoms. The van der Waals surface area contributed by atoms with Crippen molar-refractivity contribution < 1.29 is 9.90 Å². The number of aromatic nitrogens is 2. The Balaban J connectivity index is 1.87. The van der Waals surface area contributed by atoms with Crippen LogP contribution in [-0.4, -0.2) is 33.8 Å². The van der Waals surface area contributed by atoms with E-state index >= 15 is 0 Å². The van der Waals surface area contributed by atoms with Crippen molar-refractivity contribution in [2.75, 3.05) is 18.5 Å². The average molecular weight is 472 g/mol. The van der Waals surface area contributed by atoms with E-state index in [0.717, 1.165) is 40.5 Å². The molecule has 0 fully saturated rings. The molecule has 2 aromatic carbocycles. The van der Waals surface area contributed by atoms with Crippen LogP contribution in [0.1, 0.15) is 43.4 Å². The van der Waals surface area contributed by atoms with Gasteiger partial charge in [0.1, 0.15) is 0 Å². The minimum atomic E-state index is -0.886. The summed E-state index contributed by atoms with van der Waals surface area (Å²) in [6.07, 6.45) is 2.39. The van der Waals surface area contributed by atoms with Crippen molar-refractivity contribution in [1.82, 2.24) is 9.13 Å². The van der Waals surface area contributed by atoms with Crippen LogP contribution >= 0.6 is 15.9 Å². The van der Waals surface area contributed by atoms with Crippen molar-refractivity contribution >= 4 is 38.6 Å². The number of carbonyl (C=O) groups is 1. The highest BCUT2D eigenvalue weighted by molar-refractivity contribution is 9.10. The van der Waals surface area contributed by atoms with E-state index in [1.54, 1.807) is 9.13 Å². The molecule has 1 aliphatic heterocycles. The Morgan fingerprint density at radius 1 is 1.23 bits per heavy atom. The maximum absolute atomic E-state index is 13.6. The van der Waals surface area contributed by atoms with Gasteiger partial charge in [-0.15, -0.1) is 0 Å². The van der Waals surface area contributed by atoms with E-state index in [1.165, 1.54) is 11.3 Å². The number of anilines is 1. The summed E-state index contributed by atoms with van der Waals surface area (Å²) in [6.45, 7) is 3.43. The van der Waals surface area contributed by atoms with Crippen LogP contribution in [0.15, 0.2) is 45.7 Å². The summed E-state index contributed by atoms with van der Waals surface area (Å²) in [4.78, 5) is 27.3. The number of fused-ring (bicyclic) bond motifs is 2. The molecule has 0 radical (unpaired) electrons. The predicted molar refractivity (Wildman–Crippen MR) is 123 cm³/mol. The Hall–Kier alpha value is -2.54. The van der Waals surface area contributed by atoms with Crippen molar-refractivity contribution in [2.45, 2.75) is 45.2 Å². The molecule has 0 aliphatic carbocycles. The number of halogens is 1. The molecule has 1 aliphatic rings. The van der Waals surface area contributed by atoms with E-state index in [2.05, 4.69) is 40.0 Å². The Kier molecular flexibility index (Phi) is 5.73. The van der Waals surface area contributed by atoms with Gasteiger partial charge in [0.15, 0.2) is 0 Å². The molecular weight excluding hydrogens is 446 g/mol. The largest absolute Gasteiger partial charge is 0.481 e.